The van der Waals surface area contributed by atoms with Gasteiger partial charge in [-0.3, -0.25) is 4.98 Å². The third-order valence-corrected chi connectivity index (χ3v) is 3.66. The first-order valence-electron chi connectivity index (χ1n) is 4.82. The molecule has 0 atom stereocenters. The van der Waals surface area contributed by atoms with Crippen molar-refractivity contribution in [2.75, 3.05) is 0 Å². The molecule has 0 amide bonds. The zero-order valence-corrected chi connectivity index (χ0v) is 9.12. The number of halogens is 1. The van der Waals surface area contributed by atoms with Crippen LogP contribution in [-0.2, 0) is 12.8 Å². The molecule has 3 heteroatoms. The molecule has 0 saturated heterocycles. The molecular formula is C11H12FNS. The highest BCUT2D eigenvalue weighted by Crippen LogP contribution is 2.30. The molecule has 0 spiro atoms. The summed E-state index contributed by atoms with van der Waals surface area (Å²) in [6.07, 6.45) is 3.28. The molecule has 2 rings (SSSR count). The molecule has 0 aliphatic heterocycles. The first-order valence-corrected chi connectivity index (χ1v) is 5.63. The molecular weight excluding hydrogens is 197 g/mol. The average molecular weight is 209 g/mol. The van der Waals surface area contributed by atoms with Crippen molar-refractivity contribution >= 4 is 21.6 Å². The van der Waals surface area contributed by atoms with Gasteiger partial charge in [0.15, 0.2) is 0 Å². The van der Waals surface area contributed by atoms with E-state index in [1.807, 2.05) is 0 Å². The molecule has 0 aromatic carbocycles. The Morgan fingerprint density at radius 2 is 2.14 bits per heavy atom. The summed E-state index contributed by atoms with van der Waals surface area (Å²) in [6, 6.07) is 1.57. The van der Waals surface area contributed by atoms with E-state index in [1.165, 1.54) is 16.6 Å². The Bertz CT molecular complexity index is 462. The largest absolute Gasteiger partial charge is 0.252 e. The van der Waals surface area contributed by atoms with E-state index in [0.717, 1.165) is 23.1 Å². The average Bonchev–Trinajstić information content (AvgIpc) is 2.54. The molecule has 0 N–H and O–H groups in total. The van der Waals surface area contributed by atoms with Gasteiger partial charge >= 0.3 is 0 Å². The number of pyridine rings is 1. The minimum Gasteiger partial charge on any atom is -0.252 e. The van der Waals surface area contributed by atoms with Gasteiger partial charge in [-0.15, -0.1) is 11.3 Å². The van der Waals surface area contributed by atoms with Crippen molar-refractivity contribution in [2.45, 2.75) is 26.7 Å². The van der Waals surface area contributed by atoms with Gasteiger partial charge in [-0.1, -0.05) is 13.8 Å². The first-order chi connectivity index (χ1) is 6.76. The Hall–Kier alpha value is -0.960. The van der Waals surface area contributed by atoms with Crippen LogP contribution in [0.5, 0.6) is 0 Å². The van der Waals surface area contributed by atoms with Crippen LogP contribution in [0.4, 0.5) is 4.39 Å². The lowest BCUT2D eigenvalue weighted by molar-refractivity contribution is 0.624. The molecule has 0 radical (unpaired) electrons. The fourth-order valence-corrected chi connectivity index (χ4v) is 2.92. The second-order valence-electron chi connectivity index (χ2n) is 3.21. The van der Waals surface area contributed by atoms with Gasteiger partial charge in [-0.2, -0.15) is 0 Å². The third-order valence-electron chi connectivity index (χ3n) is 2.35. The molecule has 0 fully saturated rings. The van der Waals surface area contributed by atoms with E-state index in [9.17, 15) is 4.39 Å². The van der Waals surface area contributed by atoms with Crippen molar-refractivity contribution in [3.05, 3.63) is 28.5 Å². The fourth-order valence-electron chi connectivity index (χ4n) is 1.70. The lowest BCUT2D eigenvalue weighted by atomic mass is 10.1. The van der Waals surface area contributed by atoms with E-state index in [0.29, 0.717) is 0 Å². The van der Waals surface area contributed by atoms with Crippen LogP contribution in [-0.4, -0.2) is 4.98 Å². The Kier molecular flexibility index (Phi) is 2.50. The van der Waals surface area contributed by atoms with Gasteiger partial charge in [0.25, 0.3) is 0 Å². The monoisotopic (exact) mass is 209 g/mol. The summed E-state index contributed by atoms with van der Waals surface area (Å²) in [6.45, 7) is 4.24. The van der Waals surface area contributed by atoms with Crippen LogP contribution in [0.3, 0.4) is 0 Å². The first kappa shape index (κ1) is 9.59. The lowest BCUT2D eigenvalue weighted by Gasteiger charge is -1.96. The molecule has 0 aliphatic carbocycles. The number of hydrogen-bond donors (Lipinski definition) is 0. The summed E-state index contributed by atoms with van der Waals surface area (Å²) in [5.41, 5.74) is 2.27. The van der Waals surface area contributed by atoms with Crippen LogP contribution in [0.1, 0.15) is 24.3 Å². The summed E-state index contributed by atoms with van der Waals surface area (Å²) < 4.78 is 13.9. The van der Waals surface area contributed by atoms with Gasteiger partial charge < -0.3 is 0 Å². The van der Waals surface area contributed by atoms with E-state index in [4.69, 9.17) is 0 Å². The van der Waals surface area contributed by atoms with E-state index in [-0.39, 0.29) is 5.82 Å². The van der Waals surface area contributed by atoms with Crippen molar-refractivity contribution in [1.29, 1.82) is 0 Å². The highest BCUT2D eigenvalue weighted by molar-refractivity contribution is 7.19. The molecule has 74 valence electrons. The maximum absolute atomic E-state index is 12.9. The van der Waals surface area contributed by atoms with E-state index >= 15 is 0 Å². The van der Waals surface area contributed by atoms with Crippen molar-refractivity contribution in [3.8, 4) is 0 Å². The standard InChI is InChI=1S/C11H12FNS/c1-3-8-9(4-2)14-10-5-7(12)6-13-11(8)10/h5-6H,3-4H2,1-2H3. The van der Waals surface area contributed by atoms with Gasteiger partial charge in [0.1, 0.15) is 5.82 Å². The van der Waals surface area contributed by atoms with E-state index < -0.39 is 0 Å². The van der Waals surface area contributed by atoms with Crippen LogP contribution in [0.25, 0.3) is 10.2 Å². The molecule has 0 aliphatic rings. The summed E-state index contributed by atoms with van der Waals surface area (Å²) in [4.78, 5) is 5.49. The summed E-state index contributed by atoms with van der Waals surface area (Å²) >= 11 is 1.66. The molecule has 2 aromatic rings. The molecule has 14 heavy (non-hydrogen) atoms. The van der Waals surface area contributed by atoms with Gasteiger partial charge in [-0.25, -0.2) is 4.39 Å². The summed E-state index contributed by atoms with van der Waals surface area (Å²) in [7, 11) is 0. The van der Waals surface area contributed by atoms with E-state index in [2.05, 4.69) is 18.8 Å². The topological polar surface area (TPSA) is 12.9 Å². The van der Waals surface area contributed by atoms with Gasteiger partial charge in [0.2, 0.25) is 0 Å². The fraction of sp³-hybridized carbons (Fsp3) is 0.364. The maximum atomic E-state index is 12.9. The predicted molar refractivity (Wildman–Crippen MR) is 58.3 cm³/mol. The Morgan fingerprint density at radius 1 is 1.36 bits per heavy atom. The van der Waals surface area contributed by atoms with Gasteiger partial charge in [0, 0.05) is 4.88 Å². The molecule has 0 unspecified atom stereocenters. The third kappa shape index (κ3) is 1.42. The zero-order valence-electron chi connectivity index (χ0n) is 8.30. The number of aromatic nitrogens is 1. The number of hydrogen-bond acceptors (Lipinski definition) is 2. The van der Waals surface area contributed by atoms with Crippen LogP contribution in [0, 0.1) is 5.82 Å². The Morgan fingerprint density at radius 3 is 2.79 bits per heavy atom. The molecule has 2 heterocycles. The van der Waals surface area contributed by atoms with Crippen LogP contribution >= 0.6 is 11.3 Å². The summed E-state index contributed by atoms with van der Waals surface area (Å²) in [5.74, 6) is -0.246. The Labute approximate surface area is 86.6 Å². The number of aryl methyl sites for hydroxylation is 2. The van der Waals surface area contributed by atoms with Gasteiger partial charge in [0.05, 0.1) is 16.4 Å². The Balaban J connectivity index is 2.73. The molecule has 0 bridgehead atoms. The van der Waals surface area contributed by atoms with Gasteiger partial charge in [-0.05, 0) is 24.5 Å². The van der Waals surface area contributed by atoms with Crippen molar-refractivity contribution in [1.82, 2.24) is 4.98 Å². The highest BCUT2D eigenvalue weighted by atomic mass is 32.1. The van der Waals surface area contributed by atoms with E-state index in [1.54, 1.807) is 17.4 Å². The minimum atomic E-state index is -0.246. The smallest absolute Gasteiger partial charge is 0.142 e. The highest BCUT2D eigenvalue weighted by Gasteiger charge is 2.10. The van der Waals surface area contributed by atoms with Crippen LogP contribution in [0.2, 0.25) is 0 Å². The van der Waals surface area contributed by atoms with Crippen molar-refractivity contribution < 1.29 is 4.39 Å². The molecule has 0 saturated carbocycles. The molecule has 2 aromatic heterocycles. The minimum absolute atomic E-state index is 0.246. The summed E-state index contributed by atoms with van der Waals surface area (Å²) in [5, 5.41) is 0. The SMILES string of the molecule is CCc1sc2cc(F)cnc2c1CC. The number of nitrogens with zero attached hydrogens (tertiary/aromatic N) is 1. The second kappa shape index (κ2) is 3.65. The molecule has 1 nitrogen and oxygen atoms in total. The normalized spacial score (nSPS) is 11.1. The second-order valence-corrected chi connectivity index (χ2v) is 4.35. The van der Waals surface area contributed by atoms with Crippen LogP contribution in [0.15, 0.2) is 12.3 Å². The van der Waals surface area contributed by atoms with Crippen LogP contribution < -0.4 is 0 Å². The quantitative estimate of drug-likeness (QED) is 0.737. The number of fused-ring (bicyclic) bond motifs is 1. The predicted octanol–water partition coefficient (Wildman–Crippen LogP) is 3.56. The number of thiophene rings is 1. The lowest BCUT2D eigenvalue weighted by Crippen LogP contribution is -1.86. The maximum Gasteiger partial charge on any atom is 0.142 e. The van der Waals surface area contributed by atoms with Crippen molar-refractivity contribution in [3.63, 3.8) is 0 Å². The number of rotatable bonds is 2. The van der Waals surface area contributed by atoms with Crippen molar-refractivity contribution in [2.24, 2.45) is 0 Å². The zero-order chi connectivity index (χ0) is 10.1.